The van der Waals surface area contributed by atoms with Crippen molar-refractivity contribution < 1.29 is 14.4 Å². The second kappa shape index (κ2) is 10.6. The second-order valence-electron chi connectivity index (χ2n) is 6.99. The van der Waals surface area contributed by atoms with Gasteiger partial charge in [-0.25, -0.2) is 0 Å². The van der Waals surface area contributed by atoms with E-state index in [9.17, 15) is 14.4 Å². The molecule has 2 aromatic carbocycles. The van der Waals surface area contributed by atoms with Gasteiger partial charge < -0.3 is 20.4 Å². The Morgan fingerprint density at radius 2 is 1.53 bits per heavy atom. The van der Waals surface area contributed by atoms with Crippen LogP contribution in [0.5, 0.6) is 0 Å². The number of halogens is 1. The van der Waals surface area contributed by atoms with Crippen molar-refractivity contribution in [3.05, 3.63) is 65.2 Å². The molecule has 1 saturated heterocycles. The maximum atomic E-state index is 12.4. The molecule has 0 spiro atoms. The molecule has 3 rings (SSSR count). The first-order valence-electron chi connectivity index (χ1n) is 9.91. The summed E-state index contributed by atoms with van der Waals surface area (Å²) in [5.41, 5.74) is 1.63. The summed E-state index contributed by atoms with van der Waals surface area (Å²) in [6.07, 6.45) is 0.106. The average molecular weight is 429 g/mol. The molecule has 0 saturated carbocycles. The minimum Gasteiger partial charge on any atom is -0.368 e. The van der Waals surface area contributed by atoms with Crippen molar-refractivity contribution in [1.29, 1.82) is 0 Å². The molecule has 1 aliphatic rings. The van der Waals surface area contributed by atoms with E-state index in [2.05, 4.69) is 27.7 Å². The first-order chi connectivity index (χ1) is 14.5. The predicted molar refractivity (Wildman–Crippen MR) is 117 cm³/mol. The van der Waals surface area contributed by atoms with Crippen molar-refractivity contribution in [2.24, 2.45) is 0 Å². The molecular formula is C22H25ClN4O3. The van der Waals surface area contributed by atoms with E-state index in [-0.39, 0.29) is 37.2 Å². The Hall–Kier alpha value is -3.06. The monoisotopic (exact) mass is 428 g/mol. The molecule has 7 nitrogen and oxygen atoms in total. The molecule has 0 bridgehead atoms. The standard InChI is InChI=1S/C22H25ClN4O3/c23-18-8-6-17(7-9-18)22(30)24-11-10-20(28)25-16-21(29)27-14-12-26(13-15-27)19-4-2-1-3-5-19/h1-9H,10-16H2,(H,24,30)(H,25,28). The summed E-state index contributed by atoms with van der Waals surface area (Å²) in [6, 6.07) is 16.6. The zero-order valence-electron chi connectivity index (χ0n) is 16.6. The molecule has 2 aromatic rings. The van der Waals surface area contributed by atoms with Crippen molar-refractivity contribution in [1.82, 2.24) is 15.5 Å². The van der Waals surface area contributed by atoms with E-state index in [0.29, 0.717) is 23.7 Å². The van der Waals surface area contributed by atoms with Gasteiger partial charge in [0.2, 0.25) is 11.8 Å². The van der Waals surface area contributed by atoms with Gasteiger partial charge in [0.1, 0.15) is 0 Å². The zero-order valence-corrected chi connectivity index (χ0v) is 17.4. The fourth-order valence-corrected chi connectivity index (χ4v) is 3.35. The first-order valence-corrected chi connectivity index (χ1v) is 10.3. The van der Waals surface area contributed by atoms with Crippen LogP contribution in [-0.4, -0.2) is 61.9 Å². The number of anilines is 1. The van der Waals surface area contributed by atoms with Gasteiger partial charge in [0.25, 0.3) is 5.91 Å². The van der Waals surface area contributed by atoms with Gasteiger partial charge in [-0.2, -0.15) is 0 Å². The number of hydrogen-bond donors (Lipinski definition) is 2. The average Bonchev–Trinajstić information content (AvgIpc) is 2.78. The molecule has 0 aromatic heterocycles. The number of hydrogen-bond acceptors (Lipinski definition) is 4. The Bertz CT molecular complexity index is 866. The van der Waals surface area contributed by atoms with Gasteiger partial charge in [-0.1, -0.05) is 29.8 Å². The summed E-state index contributed by atoms with van der Waals surface area (Å²) in [5, 5.41) is 5.86. The maximum Gasteiger partial charge on any atom is 0.251 e. The number of nitrogens with zero attached hydrogens (tertiary/aromatic N) is 2. The summed E-state index contributed by atoms with van der Waals surface area (Å²) < 4.78 is 0. The van der Waals surface area contributed by atoms with Gasteiger partial charge in [0.05, 0.1) is 6.54 Å². The fourth-order valence-electron chi connectivity index (χ4n) is 3.22. The lowest BCUT2D eigenvalue weighted by atomic mass is 10.2. The number of amides is 3. The minimum absolute atomic E-state index is 0.0324. The molecule has 1 aliphatic heterocycles. The number of carbonyl (C=O) groups is 3. The van der Waals surface area contributed by atoms with Crippen LogP contribution in [0.3, 0.4) is 0 Å². The van der Waals surface area contributed by atoms with Crippen LogP contribution in [0.25, 0.3) is 0 Å². The summed E-state index contributed by atoms with van der Waals surface area (Å²) in [5.74, 6) is -0.643. The molecular weight excluding hydrogens is 404 g/mol. The van der Waals surface area contributed by atoms with Crippen molar-refractivity contribution in [3.63, 3.8) is 0 Å². The summed E-state index contributed by atoms with van der Waals surface area (Å²) in [7, 11) is 0. The zero-order chi connectivity index (χ0) is 21.3. The SMILES string of the molecule is O=C(CCNC(=O)c1ccc(Cl)cc1)NCC(=O)N1CCN(c2ccccc2)CC1. The molecule has 0 radical (unpaired) electrons. The Morgan fingerprint density at radius 1 is 0.867 bits per heavy atom. The smallest absolute Gasteiger partial charge is 0.251 e. The van der Waals surface area contributed by atoms with E-state index in [1.54, 1.807) is 29.2 Å². The highest BCUT2D eigenvalue weighted by Crippen LogP contribution is 2.15. The van der Waals surface area contributed by atoms with Gasteiger partial charge in [-0.15, -0.1) is 0 Å². The molecule has 0 unspecified atom stereocenters. The molecule has 2 N–H and O–H groups in total. The summed E-state index contributed by atoms with van der Waals surface area (Å²) in [4.78, 5) is 40.3. The van der Waals surface area contributed by atoms with Gasteiger partial charge in [0.15, 0.2) is 0 Å². The highest BCUT2D eigenvalue weighted by atomic mass is 35.5. The second-order valence-corrected chi connectivity index (χ2v) is 7.43. The van der Waals surface area contributed by atoms with E-state index < -0.39 is 0 Å². The molecule has 3 amide bonds. The van der Waals surface area contributed by atoms with Crippen molar-refractivity contribution in [2.45, 2.75) is 6.42 Å². The third-order valence-corrected chi connectivity index (χ3v) is 5.19. The lowest BCUT2D eigenvalue weighted by Crippen LogP contribution is -2.51. The summed E-state index contributed by atoms with van der Waals surface area (Å²) in [6.45, 7) is 2.94. The number of benzene rings is 2. The van der Waals surface area contributed by atoms with E-state index in [1.807, 2.05) is 18.2 Å². The predicted octanol–water partition coefficient (Wildman–Crippen LogP) is 1.92. The van der Waals surface area contributed by atoms with Crippen LogP contribution in [-0.2, 0) is 9.59 Å². The summed E-state index contributed by atoms with van der Waals surface area (Å²) >= 11 is 5.80. The third kappa shape index (κ3) is 6.22. The van der Waals surface area contributed by atoms with E-state index in [4.69, 9.17) is 11.6 Å². The quantitative estimate of drug-likeness (QED) is 0.706. The lowest BCUT2D eigenvalue weighted by Gasteiger charge is -2.36. The number of para-hydroxylation sites is 1. The Kier molecular flexibility index (Phi) is 7.68. The van der Waals surface area contributed by atoms with Crippen molar-refractivity contribution in [2.75, 3.05) is 44.2 Å². The van der Waals surface area contributed by atoms with Crippen LogP contribution >= 0.6 is 11.6 Å². The van der Waals surface area contributed by atoms with Crippen molar-refractivity contribution >= 4 is 35.0 Å². The van der Waals surface area contributed by atoms with Crippen LogP contribution in [0.4, 0.5) is 5.69 Å². The molecule has 1 fully saturated rings. The van der Waals surface area contributed by atoms with Gasteiger partial charge in [0, 0.05) is 55.4 Å². The van der Waals surface area contributed by atoms with Crippen LogP contribution in [0.2, 0.25) is 5.02 Å². The fraction of sp³-hybridized carbons (Fsp3) is 0.318. The molecule has 0 atom stereocenters. The Labute approximate surface area is 181 Å². The molecule has 158 valence electrons. The van der Waals surface area contributed by atoms with E-state index in [0.717, 1.165) is 18.8 Å². The molecule has 1 heterocycles. The number of piperazine rings is 1. The van der Waals surface area contributed by atoms with Gasteiger partial charge in [-0.3, -0.25) is 14.4 Å². The van der Waals surface area contributed by atoms with E-state index in [1.165, 1.54) is 0 Å². The highest BCUT2D eigenvalue weighted by molar-refractivity contribution is 6.30. The number of carbonyl (C=O) groups excluding carboxylic acids is 3. The molecule has 8 heteroatoms. The van der Waals surface area contributed by atoms with Gasteiger partial charge in [-0.05, 0) is 36.4 Å². The lowest BCUT2D eigenvalue weighted by molar-refractivity contribution is -0.133. The third-order valence-electron chi connectivity index (χ3n) is 4.93. The molecule has 0 aliphatic carbocycles. The van der Waals surface area contributed by atoms with E-state index >= 15 is 0 Å². The van der Waals surface area contributed by atoms with Crippen LogP contribution in [0.1, 0.15) is 16.8 Å². The highest BCUT2D eigenvalue weighted by Gasteiger charge is 2.21. The topological polar surface area (TPSA) is 81.8 Å². The first kappa shape index (κ1) is 21.6. The van der Waals surface area contributed by atoms with Gasteiger partial charge >= 0.3 is 0 Å². The van der Waals surface area contributed by atoms with Crippen LogP contribution in [0.15, 0.2) is 54.6 Å². The Morgan fingerprint density at radius 3 is 2.20 bits per heavy atom. The normalized spacial score (nSPS) is 13.6. The van der Waals surface area contributed by atoms with Crippen molar-refractivity contribution in [3.8, 4) is 0 Å². The van der Waals surface area contributed by atoms with Crippen LogP contribution in [0, 0.1) is 0 Å². The largest absolute Gasteiger partial charge is 0.368 e. The minimum atomic E-state index is -0.275. The van der Waals surface area contributed by atoms with Crippen LogP contribution < -0.4 is 15.5 Å². The maximum absolute atomic E-state index is 12.4. The number of rotatable bonds is 7. The molecule has 30 heavy (non-hydrogen) atoms. The Balaban J connectivity index is 1.32. The number of nitrogens with one attached hydrogen (secondary N) is 2.